The van der Waals surface area contributed by atoms with Crippen molar-refractivity contribution in [3.63, 3.8) is 0 Å². The largest absolute Gasteiger partial charge is 0.416 e. The lowest BCUT2D eigenvalue weighted by Crippen LogP contribution is -2.09. The molecule has 0 bridgehead atoms. The number of hydrogen-bond donors (Lipinski definition) is 1. The van der Waals surface area contributed by atoms with E-state index in [1.54, 1.807) is 6.92 Å². The minimum Gasteiger partial charge on any atom is -0.396 e. The number of benzene rings is 1. The summed E-state index contributed by atoms with van der Waals surface area (Å²) >= 11 is 0. The van der Waals surface area contributed by atoms with Crippen LogP contribution in [0.4, 0.5) is 13.2 Å². The van der Waals surface area contributed by atoms with Gasteiger partial charge < -0.3 is 5.11 Å². The van der Waals surface area contributed by atoms with E-state index in [0.29, 0.717) is 12.0 Å². The quantitative estimate of drug-likeness (QED) is 0.847. The lowest BCUT2D eigenvalue weighted by atomic mass is 9.93. The lowest BCUT2D eigenvalue weighted by molar-refractivity contribution is -0.137. The van der Waals surface area contributed by atoms with Crippen LogP contribution in [0.1, 0.15) is 36.5 Å². The Labute approximate surface area is 92.9 Å². The second-order valence-electron chi connectivity index (χ2n) is 3.85. The van der Waals surface area contributed by atoms with Crippen LogP contribution in [0.5, 0.6) is 0 Å². The molecule has 1 nitrogen and oxygen atoms in total. The second kappa shape index (κ2) is 4.87. The lowest BCUT2D eigenvalue weighted by Gasteiger charge is -2.16. The molecular weight excluding hydrogens is 217 g/mol. The molecule has 1 rings (SSSR count). The molecule has 1 aromatic rings. The van der Waals surface area contributed by atoms with E-state index in [1.807, 2.05) is 6.92 Å². The van der Waals surface area contributed by atoms with Gasteiger partial charge in [-0.25, -0.2) is 0 Å². The molecule has 0 aromatic heterocycles. The maximum absolute atomic E-state index is 12.5. The molecule has 1 atom stereocenters. The summed E-state index contributed by atoms with van der Waals surface area (Å²) in [4.78, 5) is 0. The van der Waals surface area contributed by atoms with Crippen molar-refractivity contribution in [3.8, 4) is 0 Å². The zero-order chi connectivity index (χ0) is 12.3. The van der Waals surface area contributed by atoms with E-state index in [0.717, 1.165) is 17.7 Å². The van der Waals surface area contributed by atoms with Crippen LogP contribution < -0.4 is 0 Å². The average Bonchev–Trinajstić information content (AvgIpc) is 2.25. The molecular formula is C12H15F3O. The van der Waals surface area contributed by atoms with Gasteiger partial charge in [-0.05, 0) is 29.7 Å². The summed E-state index contributed by atoms with van der Waals surface area (Å²) in [6.45, 7) is 3.46. The van der Waals surface area contributed by atoms with E-state index in [2.05, 4.69) is 0 Å². The highest BCUT2D eigenvalue weighted by Crippen LogP contribution is 2.32. The van der Waals surface area contributed by atoms with Gasteiger partial charge in [0.2, 0.25) is 0 Å². The molecule has 0 saturated heterocycles. The van der Waals surface area contributed by atoms with Crippen molar-refractivity contribution in [2.45, 2.75) is 32.4 Å². The Morgan fingerprint density at radius 1 is 1.31 bits per heavy atom. The highest BCUT2D eigenvalue weighted by molar-refractivity contribution is 5.35. The van der Waals surface area contributed by atoms with E-state index < -0.39 is 11.7 Å². The van der Waals surface area contributed by atoms with Crippen LogP contribution in [0.25, 0.3) is 0 Å². The van der Waals surface area contributed by atoms with Crippen molar-refractivity contribution in [1.82, 2.24) is 0 Å². The monoisotopic (exact) mass is 232 g/mol. The van der Waals surface area contributed by atoms with Crippen molar-refractivity contribution in [2.24, 2.45) is 0 Å². The number of alkyl halides is 3. The molecule has 0 aliphatic carbocycles. The molecule has 1 N–H and O–H groups in total. The number of aliphatic hydroxyl groups excluding tert-OH is 1. The summed E-state index contributed by atoms with van der Waals surface area (Å²) in [6, 6.07) is 3.72. The van der Waals surface area contributed by atoms with Gasteiger partial charge in [0.15, 0.2) is 0 Å². The molecule has 0 aliphatic heterocycles. The van der Waals surface area contributed by atoms with Crippen molar-refractivity contribution >= 4 is 0 Å². The fraction of sp³-hybridized carbons (Fsp3) is 0.500. The second-order valence-corrected chi connectivity index (χ2v) is 3.85. The Morgan fingerprint density at radius 2 is 1.94 bits per heavy atom. The van der Waals surface area contributed by atoms with Crippen LogP contribution in [0.2, 0.25) is 0 Å². The molecule has 1 aromatic carbocycles. The summed E-state index contributed by atoms with van der Waals surface area (Å²) in [5.41, 5.74) is 0.786. The van der Waals surface area contributed by atoms with Gasteiger partial charge in [0.25, 0.3) is 0 Å². The summed E-state index contributed by atoms with van der Waals surface area (Å²) in [7, 11) is 0. The zero-order valence-corrected chi connectivity index (χ0v) is 9.30. The fourth-order valence-electron chi connectivity index (χ4n) is 1.65. The third-order valence-corrected chi connectivity index (χ3v) is 2.66. The standard InChI is InChI=1S/C12H15F3O/c1-3-9-4-5-10(12(13,14)15)6-11(9)8(2)7-16/h4-6,8,16H,3,7H2,1-2H3. The van der Waals surface area contributed by atoms with Gasteiger partial charge in [-0.15, -0.1) is 0 Å². The molecule has 0 aliphatic rings. The van der Waals surface area contributed by atoms with E-state index in [-0.39, 0.29) is 12.5 Å². The Kier molecular flexibility index (Phi) is 3.97. The van der Waals surface area contributed by atoms with Crippen molar-refractivity contribution in [1.29, 1.82) is 0 Å². The maximum Gasteiger partial charge on any atom is 0.416 e. The highest BCUT2D eigenvalue weighted by Gasteiger charge is 2.31. The molecule has 16 heavy (non-hydrogen) atoms. The van der Waals surface area contributed by atoms with Crippen LogP contribution in [-0.4, -0.2) is 11.7 Å². The average molecular weight is 232 g/mol. The Bertz CT molecular complexity index is 358. The molecule has 1 unspecified atom stereocenters. The smallest absolute Gasteiger partial charge is 0.396 e. The van der Waals surface area contributed by atoms with Crippen LogP contribution >= 0.6 is 0 Å². The first-order valence-electron chi connectivity index (χ1n) is 5.21. The molecule has 0 spiro atoms. The van der Waals surface area contributed by atoms with Gasteiger partial charge in [-0.3, -0.25) is 0 Å². The molecule has 0 amide bonds. The first kappa shape index (κ1) is 13.0. The SMILES string of the molecule is CCc1ccc(C(F)(F)F)cc1C(C)CO. The van der Waals surface area contributed by atoms with Gasteiger partial charge in [-0.1, -0.05) is 19.9 Å². The topological polar surface area (TPSA) is 20.2 Å². The highest BCUT2D eigenvalue weighted by atomic mass is 19.4. The Morgan fingerprint density at radius 3 is 2.38 bits per heavy atom. The predicted octanol–water partition coefficient (Wildman–Crippen LogP) is 3.36. The maximum atomic E-state index is 12.5. The van der Waals surface area contributed by atoms with Gasteiger partial charge >= 0.3 is 6.18 Å². The predicted molar refractivity (Wildman–Crippen MR) is 56.3 cm³/mol. The van der Waals surface area contributed by atoms with Crippen molar-refractivity contribution < 1.29 is 18.3 Å². The minimum absolute atomic E-state index is 0.145. The molecule has 90 valence electrons. The van der Waals surface area contributed by atoms with Crippen LogP contribution in [0, 0.1) is 0 Å². The Hall–Kier alpha value is -1.03. The van der Waals surface area contributed by atoms with Crippen molar-refractivity contribution in [3.05, 3.63) is 34.9 Å². The van der Waals surface area contributed by atoms with E-state index in [1.165, 1.54) is 6.07 Å². The summed E-state index contributed by atoms with van der Waals surface area (Å²) < 4.78 is 37.5. The molecule has 0 saturated carbocycles. The van der Waals surface area contributed by atoms with Crippen molar-refractivity contribution in [2.75, 3.05) is 6.61 Å². The first-order valence-corrected chi connectivity index (χ1v) is 5.21. The normalized spacial score (nSPS) is 13.9. The summed E-state index contributed by atoms with van der Waals surface area (Å²) in [5, 5.41) is 9.02. The molecule has 0 heterocycles. The number of aryl methyl sites for hydroxylation is 1. The number of rotatable bonds is 3. The van der Waals surface area contributed by atoms with E-state index >= 15 is 0 Å². The van der Waals surface area contributed by atoms with Gasteiger partial charge in [0, 0.05) is 12.5 Å². The van der Waals surface area contributed by atoms with Gasteiger partial charge in [0.1, 0.15) is 0 Å². The minimum atomic E-state index is -4.32. The third kappa shape index (κ3) is 2.76. The number of aliphatic hydroxyl groups is 1. The summed E-state index contributed by atoms with van der Waals surface area (Å²) in [5.74, 6) is -0.266. The first-order chi connectivity index (χ1) is 7.40. The van der Waals surface area contributed by atoms with Gasteiger partial charge in [-0.2, -0.15) is 13.2 Å². The summed E-state index contributed by atoms with van der Waals surface area (Å²) in [6.07, 6.45) is -3.66. The molecule has 0 radical (unpaired) electrons. The fourth-order valence-corrected chi connectivity index (χ4v) is 1.65. The third-order valence-electron chi connectivity index (χ3n) is 2.66. The van der Waals surface area contributed by atoms with E-state index in [9.17, 15) is 13.2 Å². The van der Waals surface area contributed by atoms with Gasteiger partial charge in [0.05, 0.1) is 5.56 Å². The van der Waals surface area contributed by atoms with Crippen LogP contribution in [-0.2, 0) is 12.6 Å². The number of halogens is 3. The van der Waals surface area contributed by atoms with E-state index in [4.69, 9.17) is 5.11 Å². The molecule has 4 heteroatoms. The van der Waals surface area contributed by atoms with Crippen LogP contribution in [0.15, 0.2) is 18.2 Å². The zero-order valence-electron chi connectivity index (χ0n) is 9.30. The molecule has 0 fully saturated rings. The number of hydrogen-bond acceptors (Lipinski definition) is 1. The Balaban J connectivity index is 3.21. The van der Waals surface area contributed by atoms with Crippen LogP contribution in [0.3, 0.4) is 0 Å².